The number of alkyl halides is 3. The number of aromatic nitrogens is 2. The van der Waals surface area contributed by atoms with Crippen molar-refractivity contribution in [1.29, 1.82) is 0 Å². The number of hydrogen-bond acceptors (Lipinski definition) is 4. The predicted octanol–water partition coefficient (Wildman–Crippen LogP) is 2.67. The number of hydrogen-bond donors (Lipinski definition) is 0. The smallest absolute Gasteiger partial charge is 0.406 e. The van der Waals surface area contributed by atoms with Crippen LogP contribution in [0.5, 0.6) is 5.75 Å². The van der Waals surface area contributed by atoms with Crippen molar-refractivity contribution in [2.24, 2.45) is 7.05 Å². The van der Waals surface area contributed by atoms with Crippen molar-refractivity contribution in [2.75, 3.05) is 4.90 Å². The molecule has 3 rings (SSSR count). The molecule has 0 atom stereocenters. The van der Waals surface area contributed by atoms with Crippen LogP contribution in [0.4, 0.5) is 18.9 Å². The summed E-state index contributed by atoms with van der Waals surface area (Å²) in [7, 11) is 1.69. The molecule has 2 aromatic rings. The Labute approximate surface area is 140 Å². The molecular formula is C16H12F3N3O3. The van der Waals surface area contributed by atoms with Crippen LogP contribution < -0.4 is 9.64 Å². The highest BCUT2D eigenvalue weighted by molar-refractivity contribution is 6.30. The van der Waals surface area contributed by atoms with Crippen LogP contribution in [0.15, 0.2) is 42.9 Å². The summed E-state index contributed by atoms with van der Waals surface area (Å²) in [6, 6.07) is 4.83. The van der Waals surface area contributed by atoms with E-state index >= 15 is 0 Å². The molecule has 0 saturated heterocycles. The van der Waals surface area contributed by atoms with Crippen molar-refractivity contribution in [2.45, 2.75) is 12.8 Å². The number of ether oxygens (including phenoxy) is 1. The van der Waals surface area contributed by atoms with Gasteiger partial charge in [-0.25, -0.2) is 0 Å². The Morgan fingerprint density at radius 1 is 1.16 bits per heavy atom. The van der Waals surface area contributed by atoms with Gasteiger partial charge >= 0.3 is 6.36 Å². The molecular weight excluding hydrogens is 339 g/mol. The first kappa shape index (κ1) is 16.7. The Hall–Kier alpha value is -3.10. The van der Waals surface area contributed by atoms with E-state index in [2.05, 4.69) is 9.84 Å². The molecule has 130 valence electrons. The molecule has 2 heterocycles. The van der Waals surface area contributed by atoms with Crippen LogP contribution in [0.1, 0.15) is 12.0 Å². The summed E-state index contributed by atoms with van der Waals surface area (Å²) in [6.45, 7) is 0. The second-order valence-corrected chi connectivity index (χ2v) is 5.35. The lowest BCUT2D eigenvalue weighted by atomic mass is 10.00. The summed E-state index contributed by atoms with van der Waals surface area (Å²) in [6.07, 6.45) is -0.620. The van der Waals surface area contributed by atoms with Gasteiger partial charge in [-0.2, -0.15) is 5.10 Å². The van der Waals surface area contributed by atoms with Crippen LogP contribution in [0.25, 0.3) is 5.57 Å². The van der Waals surface area contributed by atoms with E-state index in [4.69, 9.17) is 0 Å². The molecule has 25 heavy (non-hydrogen) atoms. The average molecular weight is 351 g/mol. The number of rotatable bonds is 3. The van der Waals surface area contributed by atoms with Crippen molar-refractivity contribution >= 4 is 23.0 Å². The molecule has 0 spiro atoms. The first-order valence-electron chi connectivity index (χ1n) is 7.15. The zero-order valence-electron chi connectivity index (χ0n) is 12.9. The van der Waals surface area contributed by atoms with Crippen molar-refractivity contribution in [1.82, 2.24) is 9.78 Å². The fourth-order valence-electron chi connectivity index (χ4n) is 2.41. The van der Waals surface area contributed by atoms with Gasteiger partial charge in [0.15, 0.2) is 5.78 Å². The van der Waals surface area contributed by atoms with Crippen molar-refractivity contribution < 1.29 is 27.5 Å². The molecule has 0 fully saturated rings. The maximum Gasteiger partial charge on any atom is 0.573 e. The van der Waals surface area contributed by atoms with Crippen LogP contribution in [0.3, 0.4) is 0 Å². The van der Waals surface area contributed by atoms with Crippen molar-refractivity contribution in [3.63, 3.8) is 0 Å². The van der Waals surface area contributed by atoms with Gasteiger partial charge < -0.3 is 4.74 Å². The Bertz CT molecular complexity index is 854. The minimum Gasteiger partial charge on any atom is -0.406 e. The van der Waals surface area contributed by atoms with E-state index in [1.54, 1.807) is 13.2 Å². The number of anilines is 1. The molecule has 1 aromatic heterocycles. The first-order valence-corrected chi connectivity index (χ1v) is 7.15. The fourth-order valence-corrected chi connectivity index (χ4v) is 2.41. The van der Waals surface area contributed by atoms with Crippen molar-refractivity contribution in [3.8, 4) is 5.75 Å². The maximum absolute atomic E-state index is 12.2. The molecule has 1 aromatic carbocycles. The highest BCUT2D eigenvalue weighted by Crippen LogP contribution is 2.29. The molecule has 9 heteroatoms. The number of Topliss-reactive ketones (excluding diaryl/α,β-unsaturated/α-hetero) is 1. The molecule has 0 aliphatic carbocycles. The molecule has 0 unspecified atom stereocenters. The van der Waals surface area contributed by atoms with Gasteiger partial charge in [0, 0.05) is 36.3 Å². The summed E-state index contributed by atoms with van der Waals surface area (Å²) in [5, 5.41) is 3.99. The number of allylic oxidation sites excluding steroid dienone is 1. The highest BCUT2D eigenvalue weighted by Gasteiger charge is 2.31. The van der Waals surface area contributed by atoms with E-state index < -0.39 is 18.0 Å². The normalized spacial score (nSPS) is 15.4. The molecule has 0 saturated carbocycles. The second kappa shape index (κ2) is 6.08. The summed E-state index contributed by atoms with van der Waals surface area (Å²) in [5.74, 6) is -1.21. The summed E-state index contributed by atoms with van der Waals surface area (Å²) in [4.78, 5) is 25.5. The molecule has 0 N–H and O–H groups in total. The lowest BCUT2D eigenvalue weighted by Gasteiger charge is -2.24. The zero-order valence-corrected chi connectivity index (χ0v) is 12.9. The summed E-state index contributed by atoms with van der Waals surface area (Å²) < 4.78 is 41.9. The van der Waals surface area contributed by atoms with Crippen LogP contribution in [0.2, 0.25) is 0 Å². The number of ketones is 1. The van der Waals surface area contributed by atoms with Gasteiger partial charge in [-0.15, -0.1) is 13.2 Å². The van der Waals surface area contributed by atoms with Crippen LogP contribution in [-0.4, -0.2) is 27.8 Å². The maximum atomic E-state index is 12.2. The molecule has 6 nitrogen and oxygen atoms in total. The standard InChI is InChI=1S/C16H12F3N3O3/c1-21-8-10(7-20-21)13-9-22(15(24)6-14(13)23)11-2-4-12(5-3-11)25-16(17,18)19/h2-5,7-9H,6H2,1H3. The molecule has 1 aliphatic rings. The van der Waals surface area contributed by atoms with E-state index in [0.29, 0.717) is 16.8 Å². The number of carbonyl (C=O) groups excluding carboxylic acids is 2. The first-order chi connectivity index (χ1) is 11.7. The van der Waals surface area contributed by atoms with Gasteiger partial charge in [-0.05, 0) is 24.3 Å². The fraction of sp³-hybridized carbons (Fsp3) is 0.188. The number of benzene rings is 1. The number of nitrogens with zero attached hydrogens (tertiary/aromatic N) is 3. The molecule has 1 aliphatic heterocycles. The summed E-state index contributed by atoms with van der Waals surface area (Å²) in [5.41, 5.74) is 1.19. The second-order valence-electron chi connectivity index (χ2n) is 5.35. The van der Waals surface area contributed by atoms with E-state index in [0.717, 1.165) is 12.1 Å². The third-order valence-electron chi connectivity index (χ3n) is 3.50. The lowest BCUT2D eigenvalue weighted by molar-refractivity contribution is -0.274. The minimum atomic E-state index is -4.79. The predicted molar refractivity (Wildman–Crippen MR) is 81.4 cm³/mol. The Kier molecular flexibility index (Phi) is 4.07. The number of aryl methyl sites for hydroxylation is 1. The van der Waals surface area contributed by atoms with Crippen LogP contribution in [-0.2, 0) is 16.6 Å². The van der Waals surface area contributed by atoms with E-state index in [1.807, 2.05) is 0 Å². The monoisotopic (exact) mass is 351 g/mol. The number of carbonyl (C=O) groups is 2. The van der Waals surface area contributed by atoms with Gasteiger partial charge in [0.05, 0.1) is 12.6 Å². The van der Waals surface area contributed by atoms with Crippen LogP contribution in [0, 0.1) is 0 Å². The lowest BCUT2D eigenvalue weighted by Crippen LogP contribution is -2.32. The minimum absolute atomic E-state index is 0.309. The number of halogens is 3. The van der Waals surface area contributed by atoms with Gasteiger partial charge in [0.25, 0.3) is 0 Å². The van der Waals surface area contributed by atoms with Gasteiger partial charge in [0.1, 0.15) is 5.75 Å². The van der Waals surface area contributed by atoms with Crippen molar-refractivity contribution in [3.05, 3.63) is 48.4 Å². The summed E-state index contributed by atoms with van der Waals surface area (Å²) >= 11 is 0. The Balaban J connectivity index is 1.91. The largest absolute Gasteiger partial charge is 0.573 e. The number of amides is 1. The Morgan fingerprint density at radius 3 is 2.40 bits per heavy atom. The van der Waals surface area contributed by atoms with Gasteiger partial charge in [-0.3, -0.25) is 19.2 Å². The SMILES string of the molecule is Cn1cc(C2=CN(c3ccc(OC(F)(F)F)cc3)C(=O)CC2=O)cn1. The van der Waals surface area contributed by atoms with Gasteiger partial charge in [0.2, 0.25) is 5.91 Å². The Morgan fingerprint density at radius 2 is 1.84 bits per heavy atom. The average Bonchev–Trinajstić information content (AvgIpc) is 2.93. The van der Waals surface area contributed by atoms with Crippen LogP contribution >= 0.6 is 0 Å². The van der Waals surface area contributed by atoms with E-state index in [9.17, 15) is 22.8 Å². The topological polar surface area (TPSA) is 64.4 Å². The zero-order chi connectivity index (χ0) is 18.2. The third-order valence-corrected chi connectivity index (χ3v) is 3.50. The molecule has 0 bridgehead atoms. The van der Waals surface area contributed by atoms with E-state index in [1.165, 1.54) is 34.1 Å². The molecule has 0 radical (unpaired) electrons. The highest BCUT2D eigenvalue weighted by atomic mass is 19.4. The quantitative estimate of drug-likeness (QED) is 0.798. The van der Waals surface area contributed by atoms with Gasteiger partial charge in [-0.1, -0.05) is 0 Å². The molecule has 1 amide bonds. The van der Waals surface area contributed by atoms with E-state index in [-0.39, 0.29) is 12.2 Å². The third kappa shape index (κ3) is 3.70.